The van der Waals surface area contributed by atoms with E-state index in [0.29, 0.717) is 45.5 Å². The number of hydrogen-bond donors (Lipinski definition) is 0. The molecule has 538 valence electrons. The maximum Gasteiger partial charge on any atom is 0.417 e. The van der Waals surface area contributed by atoms with E-state index in [1.165, 1.54) is 0 Å². The Labute approximate surface area is 560 Å². The second kappa shape index (κ2) is 24.1. The quantitative estimate of drug-likeness (QED) is 0.146. The number of halogens is 30. The van der Waals surface area contributed by atoms with E-state index in [2.05, 4.69) is 0 Å². The summed E-state index contributed by atoms with van der Waals surface area (Å²) in [5, 5.41) is 10.3. The van der Waals surface area contributed by atoms with E-state index in [4.69, 9.17) is 0 Å². The van der Waals surface area contributed by atoms with Gasteiger partial charge in [0.05, 0.1) is 89.1 Å². The molecule has 10 aromatic carbocycles. The molecule has 12 rings (SSSR count). The van der Waals surface area contributed by atoms with E-state index in [0.717, 1.165) is 60.7 Å². The molecule has 0 saturated heterocycles. The van der Waals surface area contributed by atoms with Crippen molar-refractivity contribution in [2.75, 3.05) is 0 Å². The van der Waals surface area contributed by atoms with Crippen molar-refractivity contribution in [2.24, 2.45) is 0 Å². The van der Waals surface area contributed by atoms with Crippen molar-refractivity contribution in [3.63, 3.8) is 0 Å². The standard InChI is InChI=1S/C71H29F30N3/c72-62(73,74)35-8-16-39(51(26-35)68(90,91)92)31-4-12-43-44-13-5-32(40-17-9-36(63(75,76)77)27-52(40)69(93,94)95)23-57(44)103(56(43)22-31)55-21-20-47(60-49(66(84,85)86)2-1-3-50(60)67(87,88)89)61(48(55)30-102)104-58-24-33(41-18-10-37(64(78,79)80)28-53(41)70(96,97)98)6-14-45(58)46-15-7-34(25-59(46)104)42-19-11-38(65(81,82)83)29-54(42)71(99,100)101/h1-29H. The van der Waals surface area contributed by atoms with Gasteiger partial charge in [0.1, 0.15) is 11.6 Å². The van der Waals surface area contributed by atoms with Gasteiger partial charge in [0.2, 0.25) is 0 Å². The van der Waals surface area contributed by atoms with E-state index < -0.39 is 223 Å². The van der Waals surface area contributed by atoms with Gasteiger partial charge in [-0.05, 0) is 136 Å². The maximum atomic E-state index is 15.8. The molecular weight excluding hydrogens is 1460 g/mol. The highest BCUT2D eigenvalue weighted by Gasteiger charge is 2.46. The van der Waals surface area contributed by atoms with Crippen LogP contribution in [0.2, 0.25) is 0 Å². The van der Waals surface area contributed by atoms with Gasteiger partial charge in [-0.15, -0.1) is 0 Å². The molecular formula is C71H29F30N3. The van der Waals surface area contributed by atoms with Crippen LogP contribution >= 0.6 is 0 Å². The minimum Gasteiger partial charge on any atom is -0.308 e. The summed E-state index contributed by atoms with van der Waals surface area (Å²) in [5.41, 5.74) is -38.1. The van der Waals surface area contributed by atoms with Crippen molar-refractivity contribution in [2.45, 2.75) is 61.8 Å². The Hall–Kier alpha value is -10.8. The molecule has 0 aliphatic heterocycles. The van der Waals surface area contributed by atoms with E-state index in [9.17, 15) is 57.9 Å². The Balaban J connectivity index is 1.32. The first-order chi connectivity index (χ1) is 47.9. The SMILES string of the molecule is N#Cc1c(-n2c3cc(-c4ccc(C(F)(F)F)cc4C(F)(F)F)ccc3c3ccc(-c4ccc(C(F)(F)F)cc4C(F)(F)F)cc32)ccc(-c2c(C(F)(F)F)cccc2C(F)(F)F)c1-n1c2cc(-c3ccc(C(F)(F)F)cc3C(F)(F)F)ccc2c2ccc(-c3ccc(C(F)(F)F)cc3C(F)(F)F)cc21. The van der Waals surface area contributed by atoms with Gasteiger partial charge >= 0.3 is 61.8 Å². The summed E-state index contributed by atoms with van der Waals surface area (Å²) in [4.78, 5) is 0. The molecule has 0 bridgehead atoms. The lowest BCUT2D eigenvalue weighted by molar-refractivity contribution is -0.144. The Bertz CT molecular complexity index is 5230. The van der Waals surface area contributed by atoms with Crippen LogP contribution in [-0.4, -0.2) is 9.13 Å². The minimum absolute atomic E-state index is 0.0614. The largest absolute Gasteiger partial charge is 0.417 e. The van der Waals surface area contributed by atoms with Crippen LogP contribution in [0.15, 0.2) is 176 Å². The molecule has 0 atom stereocenters. The molecule has 104 heavy (non-hydrogen) atoms. The van der Waals surface area contributed by atoms with E-state index in [-0.39, 0.29) is 89.6 Å². The normalized spacial score (nSPS) is 13.5. The predicted octanol–water partition coefficient (Wildman–Crippen LogP) is 26.3. The van der Waals surface area contributed by atoms with Gasteiger partial charge in [0, 0.05) is 32.7 Å². The molecule has 0 radical (unpaired) electrons. The number of nitrogens with zero attached hydrogens (tertiary/aromatic N) is 3. The number of fused-ring (bicyclic) bond motifs is 6. The molecule has 2 heterocycles. The monoisotopic (exact) mass is 1490 g/mol. The average Bonchev–Trinajstić information content (AvgIpc) is 1.52. The summed E-state index contributed by atoms with van der Waals surface area (Å²) in [6, 6.07) is 12.8. The fraction of sp³-hybridized carbons (Fsp3) is 0.141. The van der Waals surface area contributed by atoms with Crippen molar-refractivity contribution in [1.82, 2.24) is 9.13 Å². The third-order valence-electron chi connectivity index (χ3n) is 17.1. The number of nitriles is 1. The summed E-state index contributed by atoms with van der Waals surface area (Å²) in [6.45, 7) is 0. The fourth-order valence-corrected chi connectivity index (χ4v) is 12.7. The van der Waals surface area contributed by atoms with Crippen LogP contribution in [-0.2, 0) is 61.8 Å². The first kappa shape index (κ1) is 73.0. The second-order valence-corrected chi connectivity index (χ2v) is 23.3. The van der Waals surface area contributed by atoms with Gasteiger partial charge in [0.15, 0.2) is 0 Å². The highest BCUT2D eigenvalue weighted by Crippen LogP contribution is 2.53. The number of alkyl halides is 30. The topological polar surface area (TPSA) is 33.6 Å². The molecule has 12 aromatic rings. The number of benzene rings is 10. The van der Waals surface area contributed by atoms with Crippen molar-refractivity contribution in [1.29, 1.82) is 5.26 Å². The summed E-state index contributed by atoms with van der Waals surface area (Å²) >= 11 is 0. The van der Waals surface area contributed by atoms with Gasteiger partial charge in [0.25, 0.3) is 0 Å². The van der Waals surface area contributed by atoms with Crippen molar-refractivity contribution in [3.8, 4) is 73.1 Å². The zero-order valence-corrected chi connectivity index (χ0v) is 50.4. The van der Waals surface area contributed by atoms with Gasteiger partial charge in [-0.1, -0.05) is 84.9 Å². The van der Waals surface area contributed by atoms with Crippen LogP contribution < -0.4 is 0 Å². The molecule has 0 amide bonds. The van der Waals surface area contributed by atoms with E-state index >= 15 is 79.0 Å². The first-order valence-electron chi connectivity index (χ1n) is 29.0. The summed E-state index contributed by atoms with van der Waals surface area (Å²) in [7, 11) is 0. The number of hydrogen-bond acceptors (Lipinski definition) is 1. The lowest BCUT2D eigenvalue weighted by atomic mass is 9.90. The highest BCUT2D eigenvalue weighted by molar-refractivity contribution is 6.14. The van der Waals surface area contributed by atoms with Gasteiger partial charge in [-0.2, -0.15) is 137 Å². The fourth-order valence-electron chi connectivity index (χ4n) is 12.7. The molecule has 0 unspecified atom stereocenters. The molecule has 0 N–H and O–H groups in total. The average molecular weight is 1490 g/mol. The molecule has 0 fully saturated rings. The Morgan fingerprint density at radius 3 is 0.731 bits per heavy atom. The van der Waals surface area contributed by atoms with Gasteiger partial charge in [-0.25, -0.2) is 0 Å². The lowest BCUT2D eigenvalue weighted by Gasteiger charge is -2.24. The van der Waals surface area contributed by atoms with Crippen LogP contribution in [0.5, 0.6) is 0 Å². The molecule has 2 aromatic heterocycles. The molecule has 0 saturated carbocycles. The zero-order chi connectivity index (χ0) is 76.3. The third kappa shape index (κ3) is 13.1. The number of aromatic nitrogens is 2. The van der Waals surface area contributed by atoms with Crippen molar-refractivity contribution < 1.29 is 132 Å². The lowest BCUT2D eigenvalue weighted by Crippen LogP contribution is -2.16. The van der Waals surface area contributed by atoms with Crippen LogP contribution in [0.3, 0.4) is 0 Å². The van der Waals surface area contributed by atoms with Crippen LogP contribution in [0.25, 0.3) is 111 Å². The Morgan fingerprint density at radius 1 is 0.240 bits per heavy atom. The maximum absolute atomic E-state index is 15.8. The summed E-state index contributed by atoms with van der Waals surface area (Å²) < 4.78 is 446. The molecule has 3 nitrogen and oxygen atoms in total. The molecule has 0 aliphatic carbocycles. The van der Waals surface area contributed by atoms with Gasteiger partial charge < -0.3 is 9.13 Å². The third-order valence-corrected chi connectivity index (χ3v) is 17.1. The Kier molecular flexibility index (Phi) is 16.9. The second-order valence-electron chi connectivity index (χ2n) is 23.3. The van der Waals surface area contributed by atoms with E-state index in [1.807, 2.05) is 0 Å². The smallest absolute Gasteiger partial charge is 0.308 e. The summed E-state index contributed by atoms with van der Waals surface area (Å²) in [6.07, 6.45) is -56.7. The Morgan fingerprint density at radius 2 is 0.490 bits per heavy atom. The van der Waals surface area contributed by atoms with Crippen LogP contribution in [0.4, 0.5) is 132 Å². The molecule has 33 heteroatoms. The van der Waals surface area contributed by atoms with Crippen molar-refractivity contribution >= 4 is 43.6 Å². The molecule has 0 spiro atoms. The van der Waals surface area contributed by atoms with Crippen molar-refractivity contribution in [3.05, 3.63) is 237 Å². The van der Waals surface area contributed by atoms with Crippen LogP contribution in [0, 0.1) is 11.3 Å². The van der Waals surface area contributed by atoms with E-state index in [1.54, 1.807) is 6.07 Å². The van der Waals surface area contributed by atoms with Crippen LogP contribution in [0.1, 0.15) is 61.2 Å². The zero-order valence-electron chi connectivity index (χ0n) is 50.4. The molecule has 0 aliphatic rings. The minimum atomic E-state index is -5.95. The summed E-state index contributed by atoms with van der Waals surface area (Å²) in [5.74, 6) is 0. The van der Waals surface area contributed by atoms with Gasteiger partial charge in [-0.3, -0.25) is 0 Å². The predicted molar refractivity (Wildman–Crippen MR) is 317 cm³/mol. The highest BCUT2D eigenvalue weighted by atomic mass is 19.4. The number of rotatable bonds is 7. The first-order valence-corrected chi connectivity index (χ1v) is 29.0.